The monoisotopic (exact) mass is 454 g/mol. The van der Waals surface area contributed by atoms with Crippen LogP contribution in [0, 0.1) is 27.7 Å². The van der Waals surface area contributed by atoms with Gasteiger partial charge in [0.25, 0.3) is 11.5 Å². The molecule has 3 aromatic rings. The molecule has 8 nitrogen and oxygen atoms in total. The summed E-state index contributed by atoms with van der Waals surface area (Å²) in [4.78, 5) is 31.8. The lowest BCUT2D eigenvalue weighted by atomic mass is 10.0. The van der Waals surface area contributed by atoms with Gasteiger partial charge in [0, 0.05) is 38.6 Å². The summed E-state index contributed by atoms with van der Waals surface area (Å²) in [6, 6.07) is 7.15. The normalized spacial score (nSPS) is 15.3. The van der Waals surface area contributed by atoms with Gasteiger partial charge in [-0.25, -0.2) is 13.4 Å². The molecule has 0 unspecified atom stereocenters. The number of hydrogen-bond donors (Lipinski definition) is 0. The van der Waals surface area contributed by atoms with Gasteiger partial charge in [0.05, 0.1) is 4.90 Å². The predicted molar refractivity (Wildman–Crippen MR) is 122 cm³/mol. The van der Waals surface area contributed by atoms with Crippen molar-refractivity contribution in [2.75, 3.05) is 26.2 Å². The summed E-state index contributed by atoms with van der Waals surface area (Å²) in [5.74, 6) is -0.434. The van der Waals surface area contributed by atoms with Crippen LogP contribution in [0.1, 0.15) is 32.6 Å². The first-order chi connectivity index (χ1) is 15.1. The van der Waals surface area contributed by atoms with E-state index in [0.29, 0.717) is 10.5 Å². The molecule has 0 saturated carbocycles. The molecule has 2 aromatic heterocycles. The molecule has 0 aliphatic carbocycles. The molecule has 1 fully saturated rings. The maximum Gasteiger partial charge on any atom is 0.270 e. The van der Waals surface area contributed by atoms with Crippen LogP contribution in [0.4, 0.5) is 0 Å². The molecule has 0 radical (unpaired) electrons. The molecule has 1 aliphatic rings. The number of nitrogens with zero attached hydrogens (tertiary/aromatic N) is 4. The van der Waals surface area contributed by atoms with E-state index >= 15 is 0 Å². The Morgan fingerprint density at radius 2 is 1.59 bits per heavy atom. The molecule has 9 heteroatoms. The molecule has 4 rings (SSSR count). The van der Waals surface area contributed by atoms with Gasteiger partial charge >= 0.3 is 0 Å². The van der Waals surface area contributed by atoms with Crippen molar-refractivity contribution in [1.82, 2.24) is 18.6 Å². The number of sulfonamides is 1. The molecule has 0 spiro atoms. The van der Waals surface area contributed by atoms with Crippen molar-refractivity contribution in [3.05, 3.63) is 74.8 Å². The van der Waals surface area contributed by atoms with Gasteiger partial charge in [-0.05, 0) is 62.1 Å². The number of aryl methyl sites for hydroxylation is 2. The van der Waals surface area contributed by atoms with E-state index in [2.05, 4.69) is 4.98 Å². The zero-order chi connectivity index (χ0) is 23.2. The molecule has 0 atom stereocenters. The molecule has 0 bridgehead atoms. The molecule has 1 aliphatic heterocycles. The minimum atomic E-state index is -3.70. The lowest BCUT2D eigenvalue weighted by Gasteiger charge is -2.34. The minimum Gasteiger partial charge on any atom is -0.336 e. The highest BCUT2D eigenvalue weighted by atomic mass is 32.2. The smallest absolute Gasteiger partial charge is 0.270 e. The Morgan fingerprint density at radius 3 is 2.22 bits per heavy atom. The number of fused-ring (bicyclic) bond motifs is 1. The van der Waals surface area contributed by atoms with E-state index in [1.807, 2.05) is 33.8 Å². The van der Waals surface area contributed by atoms with E-state index in [9.17, 15) is 18.0 Å². The molecule has 1 saturated heterocycles. The van der Waals surface area contributed by atoms with Crippen LogP contribution in [0.25, 0.3) is 5.65 Å². The number of rotatable bonds is 3. The van der Waals surface area contributed by atoms with Crippen molar-refractivity contribution in [2.24, 2.45) is 0 Å². The van der Waals surface area contributed by atoms with Gasteiger partial charge in [0.15, 0.2) is 0 Å². The molecule has 1 aromatic carbocycles. The van der Waals surface area contributed by atoms with Crippen LogP contribution < -0.4 is 5.56 Å². The minimum absolute atomic E-state index is 0.0222. The number of carbonyl (C=O) groups excluding carboxylic acids is 1. The number of pyridine rings is 1. The van der Waals surface area contributed by atoms with Crippen LogP contribution in [0.3, 0.4) is 0 Å². The highest BCUT2D eigenvalue weighted by Crippen LogP contribution is 2.29. The average molecular weight is 455 g/mol. The lowest BCUT2D eigenvalue weighted by Crippen LogP contribution is -2.51. The summed E-state index contributed by atoms with van der Waals surface area (Å²) in [5, 5.41) is 0. The zero-order valence-corrected chi connectivity index (χ0v) is 19.4. The van der Waals surface area contributed by atoms with E-state index in [1.165, 1.54) is 19.8 Å². The SMILES string of the molecule is Cc1cc(C)c(C)c(S(=O)(=O)N2CCN(C(=O)c3cnc4ccccn4c3=O)CC2)c1C. The molecule has 1 amide bonds. The fraction of sp³-hybridized carbons (Fsp3) is 0.348. The van der Waals surface area contributed by atoms with Gasteiger partial charge in [-0.1, -0.05) is 12.1 Å². The van der Waals surface area contributed by atoms with Crippen molar-refractivity contribution >= 4 is 21.6 Å². The van der Waals surface area contributed by atoms with Crippen molar-refractivity contribution in [1.29, 1.82) is 0 Å². The fourth-order valence-electron chi connectivity index (χ4n) is 4.17. The van der Waals surface area contributed by atoms with E-state index in [1.54, 1.807) is 24.4 Å². The first-order valence-electron chi connectivity index (χ1n) is 10.5. The van der Waals surface area contributed by atoms with Crippen LogP contribution in [0.2, 0.25) is 0 Å². The summed E-state index contributed by atoms with van der Waals surface area (Å²) in [6.45, 7) is 8.23. The Balaban J connectivity index is 1.57. The van der Waals surface area contributed by atoms with Crippen molar-refractivity contribution in [2.45, 2.75) is 32.6 Å². The second-order valence-electron chi connectivity index (χ2n) is 8.19. The van der Waals surface area contributed by atoms with Crippen molar-refractivity contribution < 1.29 is 13.2 Å². The van der Waals surface area contributed by atoms with E-state index in [-0.39, 0.29) is 31.7 Å². The standard InChI is InChI=1S/C23H26N4O4S/c1-15-13-16(2)18(4)21(17(15)3)32(30,31)26-11-9-25(10-12-26)22(28)19-14-24-20-7-5-6-8-27(20)23(19)29/h5-8,13-14H,9-12H2,1-4H3. The van der Waals surface area contributed by atoms with Gasteiger partial charge < -0.3 is 4.90 Å². The summed E-state index contributed by atoms with van der Waals surface area (Å²) < 4.78 is 29.6. The molecule has 0 N–H and O–H groups in total. The van der Waals surface area contributed by atoms with Gasteiger partial charge in [0.1, 0.15) is 11.2 Å². The number of benzene rings is 1. The largest absolute Gasteiger partial charge is 0.336 e. The molecule has 32 heavy (non-hydrogen) atoms. The Bertz CT molecular complexity index is 1360. The third kappa shape index (κ3) is 3.61. The van der Waals surface area contributed by atoms with Crippen LogP contribution in [-0.4, -0.2) is 59.1 Å². The quantitative estimate of drug-likeness (QED) is 0.604. The first-order valence-corrected chi connectivity index (χ1v) is 11.9. The highest BCUT2D eigenvalue weighted by Gasteiger charge is 2.33. The molecule has 3 heterocycles. The summed E-state index contributed by atoms with van der Waals surface area (Å²) in [5.41, 5.74) is 3.38. The zero-order valence-electron chi connectivity index (χ0n) is 18.6. The summed E-state index contributed by atoms with van der Waals surface area (Å²) >= 11 is 0. The number of hydrogen-bond acceptors (Lipinski definition) is 5. The summed E-state index contributed by atoms with van der Waals surface area (Å²) in [7, 11) is -3.70. The van der Waals surface area contributed by atoms with E-state index < -0.39 is 21.5 Å². The first kappa shape index (κ1) is 22.2. The number of piperazine rings is 1. The predicted octanol–water partition coefficient (Wildman–Crippen LogP) is 2.07. The Labute approximate surface area is 187 Å². The third-order valence-corrected chi connectivity index (χ3v) is 8.44. The molecular formula is C23H26N4O4S. The summed E-state index contributed by atoms with van der Waals surface area (Å²) in [6.07, 6.45) is 2.87. The maximum absolute atomic E-state index is 13.4. The Hall–Kier alpha value is -3.04. The topological polar surface area (TPSA) is 92.1 Å². The lowest BCUT2D eigenvalue weighted by molar-refractivity contribution is 0.0695. The second kappa shape index (κ2) is 8.14. The van der Waals surface area contributed by atoms with Crippen LogP contribution in [-0.2, 0) is 10.0 Å². The Morgan fingerprint density at radius 1 is 0.969 bits per heavy atom. The van der Waals surface area contributed by atoms with Crippen molar-refractivity contribution in [3.8, 4) is 0 Å². The fourth-order valence-corrected chi connectivity index (χ4v) is 6.17. The number of aromatic nitrogens is 2. The Kier molecular flexibility index (Phi) is 5.64. The average Bonchev–Trinajstić information content (AvgIpc) is 2.78. The van der Waals surface area contributed by atoms with Gasteiger partial charge in [-0.2, -0.15) is 4.31 Å². The van der Waals surface area contributed by atoms with Crippen LogP contribution >= 0.6 is 0 Å². The van der Waals surface area contributed by atoms with Crippen LogP contribution in [0.5, 0.6) is 0 Å². The van der Waals surface area contributed by atoms with Gasteiger partial charge in [0.2, 0.25) is 10.0 Å². The maximum atomic E-state index is 13.4. The second-order valence-corrected chi connectivity index (χ2v) is 10.1. The molecule has 168 valence electrons. The van der Waals surface area contributed by atoms with E-state index in [0.717, 1.165) is 22.3 Å². The van der Waals surface area contributed by atoms with Crippen molar-refractivity contribution in [3.63, 3.8) is 0 Å². The van der Waals surface area contributed by atoms with E-state index in [4.69, 9.17) is 0 Å². The van der Waals surface area contributed by atoms with Gasteiger partial charge in [-0.3, -0.25) is 14.0 Å². The van der Waals surface area contributed by atoms with Crippen LogP contribution in [0.15, 0.2) is 46.3 Å². The number of amides is 1. The number of carbonyl (C=O) groups is 1. The van der Waals surface area contributed by atoms with Gasteiger partial charge in [-0.15, -0.1) is 0 Å². The third-order valence-electron chi connectivity index (χ3n) is 6.26. The molecular weight excluding hydrogens is 428 g/mol. The highest BCUT2D eigenvalue weighted by molar-refractivity contribution is 7.89.